The average molecular weight is 672 g/mol. The second kappa shape index (κ2) is 11.4. The molecular formula is C50H29N3. The van der Waals surface area contributed by atoms with Gasteiger partial charge in [0.1, 0.15) is 0 Å². The molecule has 0 unspecified atom stereocenters. The number of hydrogen-bond donors (Lipinski definition) is 0. The SMILES string of the molecule is N#Cc1ccc2c3ccc(-c4ccc(-c5ccc6ccc7c(-c8cccc9ccccc89)ccc8ccc5c6c87)nc4)cc3n(-c3ccccc3)c2c1. The van der Waals surface area contributed by atoms with Crippen LogP contribution < -0.4 is 0 Å². The summed E-state index contributed by atoms with van der Waals surface area (Å²) in [6, 6.07) is 62.9. The lowest BCUT2D eigenvalue weighted by atomic mass is 9.87. The summed E-state index contributed by atoms with van der Waals surface area (Å²) < 4.78 is 2.26. The number of aromatic nitrogens is 2. The summed E-state index contributed by atoms with van der Waals surface area (Å²) in [6.45, 7) is 0. The largest absolute Gasteiger partial charge is 0.309 e. The van der Waals surface area contributed by atoms with Gasteiger partial charge in [0, 0.05) is 33.8 Å². The average Bonchev–Trinajstić information content (AvgIpc) is 3.55. The summed E-state index contributed by atoms with van der Waals surface area (Å²) in [5.74, 6) is 0. The molecule has 3 nitrogen and oxygen atoms in total. The van der Waals surface area contributed by atoms with Crippen molar-refractivity contribution < 1.29 is 0 Å². The molecule has 0 aliphatic carbocycles. The van der Waals surface area contributed by atoms with Gasteiger partial charge in [0.25, 0.3) is 0 Å². The number of nitrogens with zero attached hydrogens (tertiary/aromatic N) is 3. The lowest BCUT2D eigenvalue weighted by Gasteiger charge is -2.17. The lowest BCUT2D eigenvalue weighted by Crippen LogP contribution is -1.94. The highest BCUT2D eigenvalue weighted by molar-refractivity contribution is 6.28. The van der Waals surface area contributed by atoms with Gasteiger partial charge in [-0.2, -0.15) is 5.26 Å². The Morgan fingerprint density at radius 3 is 1.83 bits per heavy atom. The zero-order chi connectivity index (χ0) is 35.0. The van der Waals surface area contributed by atoms with Crippen molar-refractivity contribution >= 4 is 64.9 Å². The molecule has 0 aliphatic heterocycles. The van der Waals surface area contributed by atoms with Crippen LogP contribution in [-0.2, 0) is 0 Å². The predicted molar refractivity (Wildman–Crippen MR) is 221 cm³/mol. The summed E-state index contributed by atoms with van der Waals surface area (Å²) in [5.41, 5.74) is 10.6. The molecule has 11 aromatic rings. The molecule has 2 heterocycles. The molecule has 2 aromatic heterocycles. The third-order valence-corrected chi connectivity index (χ3v) is 11.0. The molecule has 0 aliphatic rings. The third kappa shape index (κ3) is 4.43. The second-order valence-electron chi connectivity index (χ2n) is 13.9. The minimum atomic E-state index is 0.648. The first-order valence-corrected chi connectivity index (χ1v) is 17.9. The van der Waals surface area contributed by atoms with Crippen molar-refractivity contribution in [3.05, 3.63) is 182 Å². The molecule has 53 heavy (non-hydrogen) atoms. The summed E-state index contributed by atoms with van der Waals surface area (Å²) in [7, 11) is 0. The summed E-state index contributed by atoms with van der Waals surface area (Å²) in [4.78, 5) is 5.09. The Kier molecular flexibility index (Phi) is 6.32. The fraction of sp³-hybridized carbons (Fsp3) is 0. The quantitative estimate of drug-likeness (QED) is 0.175. The van der Waals surface area contributed by atoms with Crippen molar-refractivity contribution in [1.82, 2.24) is 9.55 Å². The maximum Gasteiger partial charge on any atom is 0.0992 e. The van der Waals surface area contributed by atoms with Crippen LogP contribution in [0.5, 0.6) is 0 Å². The van der Waals surface area contributed by atoms with Crippen molar-refractivity contribution in [2.75, 3.05) is 0 Å². The van der Waals surface area contributed by atoms with E-state index in [4.69, 9.17) is 4.98 Å². The van der Waals surface area contributed by atoms with Gasteiger partial charge in [0.05, 0.1) is 28.4 Å². The van der Waals surface area contributed by atoms with Crippen LogP contribution in [0.25, 0.3) is 104 Å². The minimum absolute atomic E-state index is 0.648. The molecule has 3 heteroatoms. The van der Waals surface area contributed by atoms with Crippen LogP contribution in [-0.4, -0.2) is 9.55 Å². The van der Waals surface area contributed by atoms with Gasteiger partial charge in [-0.3, -0.25) is 4.98 Å². The summed E-state index contributed by atoms with van der Waals surface area (Å²) >= 11 is 0. The Balaban J connectivity index is 1.04. The van der Waals surface area contributed by atoms with Crippen molar-refractivity contribution in [3.8, 4) is 45.3 Å². The number of pyridine rings is 1. The highest BCUT2D eigenvalue weighted by Gasteiger charge is 2.18. The normalized spacial score (nSPS) is 11.8. The Bertz CT molecular complexity index is 3270. The number of rotatable bonds is 4. The predicted octanol–water partition coefficient (Wildman–Crippen LogP) is 13.1. The van der Waals surface area contributed by atoms with Gasteiger partial charge in [0.15, 0.2) is 0 Å². The maximum absolute atomic E-state index is 9.68. The number of fused-ring (bicyclic) bond motifs is 4. The fourth-order valence-corrected chi connectivity index (χ4v) is 8.57. The van der Waals surface area contributed by atoms with Crippen LogP contribution in [0.1, 0.15) is 5.56 Å². The Labute approximate surface area is 305 Å². The van der Waals surface area contributed by atoms with E-state index in [1.807, 2.05) is 24.4 Å². The van der Waals surface area contributed by atoms with Crippen molar-refractivity contribution in [2.45, 2.75) is 0 Å². The molecule has 0 bridgehead atoms. The number of benzene rings is 9. The number of hydrogen-bond acceptors (Lipinski definition) is 2. The molecule has 0 amide bonds. The fourth-order valence-electron chi connectivity index (χ4n) is 8.57. The Morgan fingerprint density at radius 1 is 0.434 bits per heavy atom. The van der Waals surface area contributed by atoms with E-state index in [2.05, 4.69) is 162 Å². The molecule has 0 radical (unpaired) electrons. The maximum atomic E-state index is 9.68. The van der Waals surface area contributed by atoms with E-state index < -0.39 is 0 Å². The van der Waals surface area contributed by atoms with Crippen LogP contribution in [0.4, 0.5) is 0 Å². The molecule has 0 saturated heterocycles. The van der Waals surface area contributed by atoms with Crippen LogP contribution in [0.3, 0.4) is 0 Å². The van der Waals surface area contributed by atoms with Gasteiger partial charge in [-0.05, 0) is 96.2 Å². The molecule has 11 rings (SSSR count). The monoisotopic (exact) mass is 671 g/mol. The van der Waals surface area contributed by atoms with Gasteiger partial charge in [-0.1, -0.05) is 133 Å². The zero-order valence-electron chi connectivity index (χ0n) is 28.6. The van der Waals surface area contributed by atoms with Gasteiger partial charge in [-0.15, -0.1) is 0 Å². The molecule has 0 N–H and O–H groups in total. The zero-order valence-corrected chi connectivity index (χ0v) is 28.6. The van der Waals surface area contributed by atoms with Crippen molar-refractivity contribution in [2.24, 2.45) is 0 Å². The molecule has 244 valence electrons. The second-order valence-corrected chi connectivity index (χ2v) is 13.9. The standard InChI is InChI=1S/C50H29N3/c51-29-31-13-20-42-43-23-18-35(28-48(43)53(47(42)27-31)37-9-2-1-3-10-37)36-19-26-46(52-30-36)41-22-15-34-16-24-44-40(21-14-33-17-25-45(41)50(34)49(33)44)39-12-6-8-32-7-4-5-11-38(32)39/h1-28,30H. The Hall–Kier alpha value is -7.28. The highest BCUT2D eigenvalue weighted by Crippen LogP contribution is 2.43. The number of nitriles is 1. The third-order valence-electron chi connectivity index (χ3n) is 11.0. The van der Waals surface area contributed by atoms with E-state index in [1.54, 1.807) is 0 Å². The summed E-state index contributed by atoms with van der Waals surface area (Å²) in [5, 5.41) is 22.0. The van der Waals surface area contributed by atoms with E-state index in [0.717, 1.165) is 49.9 Å². The van der Waals surface area contributed by atoms with Crippen LogP contribution in [0.2, 0.25) is 0 Å². The first-order valence-electron chi connectivity index (χ1n) is 17.9. The first kappa shape index (κ1) is 29.5. The van der Waals surface area contributed by atoms with E-state index in [0.29, 0.717) is 5.56 Å². The molecule has 0 fully saturated rings. The van der Waals surface area contributed by atoms with Crippen LogP contribution >= 0.6 is 0 Å². The van der Waals surface area contributed by atoms with Crippen LogP contribution in [0, 0.1) is 11.3 Å². The van der Waals surface area contributed by atoms with Crippen LogP contribution in [0.15, 0.2) is 176 Å². The number of para-hydroxylation sites is 1. The van der Waals surface area contributed by atoms with Crippen molar-refractivity contribution in [1.29, 1.82) is 5.26 Å². The van der Waals surface area contributed by atoms with Gasteiger partial charge in [0.2, 0.25) is 0 Å². The topological polar surface area (TPSA) is 41.6 Å². The molecule has 9 aromatic carbocycles. The first-order chi connectivity index (χ1) is 26.2. The van der Waals surface area contributed by atoms with E-state index >= 15 is 0 Å². The highest BCUT2D eigenvalue weighted by atomic mass is 15.0. The minimum Gasteiger partial charge on any atom is -0.309 e. The van der Waals surface area contributed by atoms with Gasteiger partial charge in [-0.25, -0.2) is 0 Å². The molecule has 0 spiro atoms. The van der Waals surface area contributed by atoms with E-state index in [-0.39, 0.29) is 0 Å². The van der Waals surface area contributed by atoms with E-state index in [9.17, 15) is 5.26 Å². The molecule has 0 saturated carbocycles. The lowest BCUT2D eigenvalue weighted by molar-refractivity contribution is 1.18. The van der Waals surface area contributed by atoms with Crippen molar-refractivity contribution in [3.63, 3.8) is 0 Å². The summed E-state index contributed by atoms with van der Waals surface area (Å²) in [6.07, 6.45) is 2.00. The van der Waals surface area contributed by atoms with Gasteiger partial charge < -0.3 is 4.57 Å². The Morgan fingerprint density at radius 2 is 1.06 bits per heavy atom. The molecular weight excluding hydrogens is 643 g/mol. The van der Waals surface area contributed by atoms with Gasteiger partial charge >= 0.3 is 0 Å². The smallest absolute Gasteiger partial charge is 0.0992 e. The molecule has 0 atom stereocenters. The van der Waals surface area contributed by atoms with E-state index in [1.165, 1.54) is 54.2 Å².